The minimum Gasteiger partial charge on any atom is -0.481 e. The van der Waals surface area contributed by atoms with Gasteiger partial charge in [0.1, 0.15) is 0 Å². The van der Waals surface area contributed by atoms with E-state index in [0.29, 0.717) is 19.4 Å². The molecule has 2 fully saturated rings. The Bertz CT molecular complexity index is 1540. The highest BCUT2D eigenvalue weighted by molar-refractivity contribution is 5.86. The molecule has 6 nitrogen and oxygen atoms in total. The predicted molar refractivity (Wildman–Crippen MR) is 154 cm³/mol. The lowest BCUT2D eigenvalue weighted by molar-refractivity contribution is -0.140. The number of aliphatic carboxylic acids is 1. The molecule has 40 heavy (non-hydrogen) atoms. The Morgan fingerprint density at radius 2 is 1.57 bits per heavy atom. The predicted octanol–water partition coefficient (Wildman–Crippen LogP) is 7.15. The van der Waals surface area contributed by atoms with Gasteiger partial charge in [-0.1, -0.05) is 84.0 Å². The van der Waals surface area contributed by atoms with Crippen LogP contribution in [0.3, 0.4) is 0 Å². The van der Waals surface area contributed by atoms with Gasteiger partial charge in [0.15, 0.2) is 5.76 Å². The van der Waals surface area contributed by atoms with Gasteiger partial charge in [0.05, 0.1) is 17.2 Å². The number of aryl methyl sites for hydroxylation is 1. The zero-order valence-electron chi connectivity index (χ0n) is 23.1. The van der Waals surface area contributed by atoms with Gasteiger partial charge in [0.25, 0.3) is 0 Å². The summed E-state index contributed by atoms with van der Waals surface area (Å²) >= 11 is 0. The molecule has 1 N–H and O–H groups in total. The molecule has 1 aromatic heterocycles. The van der Waals surface area contributed by atoms with Crippen molar-refractivity contribution in [2.45, 2.75) is 57.4 Å². The third kappa shape index (κ3) is 4.51. The number of hydrogen-bond donors (Lipinski definition) is 1. The Hall–Kier alpha value is -4.19. The van der Waals surface area contributed by atoms with Gasteiger partial charge in [-0.25, -0.2) is 0 Å². The normalized spacial score (nSPS) is 19.6. The number of aromatic nitrogens is 1. The maximum atomic E-state index is 13.6. The highest BCUT2D eigenvalue weighted by Gasteiger charge is 2.51. The Kier molecular flexibility index (Phi) is 6.57. The fourth-order valence-corrected chi connectivity index (χ4v) is 6.10. The van der Waals surface area contributed by atoms with Crippen molar-refractivity contribution in [2.24, 2.45) is 5.92 Å². The topological polar surface area (TPSA) is 83.6 Å². The van der Waals surface area contributed by atoms with Gasteiger partial charge in [-0.05, 0) is 62.3 Å². The van der Waals surface area contributed by atoms with E-state index in [4.69, 9.17) is 4.52 Å². The van der Waals surface area contributed by atoms with Crippen molar-refractivity contribution in [2.75, 3.05) is 6.54 Å². The molecule has 6 heteroatoms. The lowest BCUT2D eigenvalue weighted by atomic mass is 9.93. The van der Waals surface area contributed by atoms with Gasteiger partial charge < -0.3 is 14.5 Å². The summed E-state index contributed by atoms with van der Waals surface area (Å²) in [5, 5.41) is 13.9. The van der Waals surface area contributed by atoms with E-state index in [1.807, 2.05) is 85.5 Å². The summed E-state index contributed by atoms with van der Waals surface area (Å²) in [7, 11) is 0. The maximum absolute atomic E-state index is 13.6. The van der Waals surface area contributed by atoms with Crippen LogP contribution < -0.4 is 0 Å². The van der Waals surface area contributed by atoms with Crippen LogP contribution in [0.1, 0.15) is 67.5 Å². The second-order valence-electron chi connectivity index (χ2n) is 11.2. The van der Waals surface area contributed by atoms with E-state index < -0.39 is 11.4 Å². The van der Waals surface area contributed by atoms with E-state index in [1.165, 1.54) is 0 Å². The van der Waals surface area contributed by atoms with Gasteiger partial charge >= 0.3 is 5.97 Å². The maximum Gasteiger partial charge on any atom is 0.314 e. The average molecular weight is 535 g/mol. The summed E-state index contributed by atoms with van der Waals surface area (Å²) < 4.78 is 5.81. The largest absolute Gasteiger partial charge is 0.481 e. The van der Waals surface area contributed by atoms with E-state index in [1.54, 1.807) is 0 Å². The molecule has 4 aromatic rings. The van der Waals surface area contributed by atoms with Crippen molar-refractivity contribution in [1.82, 2.24) is 10.1 Å². The zero-order chi connectivity index (χ0) is 28.0. The lowest BCUT2D eigenvalue weighted by Gasteiger charge is -2.29. The number of amides is 1. The minimum absolute atomic E-state index is 0.0172. The van der Waals surface area contributed by atoms with Crippen LogP contribution in [0.5, 0.6) is 0 Å². The van der Waals surface area contributed by atoms with Crippen LogP contribution in [0.2, 0.25) is 0 Å². The fourth-order valence-electron chi connectivity index (χ4n) is 6.10. The van der Waals surface area contributed by atoms with Crippen molar-refractivity contribution in [3.63, 3.8) is 0 Å². The van der Waals surface area contributed by atoms with Crippen LogP contribution in [0.15, 0.2) is 83.4 Å². The summed E-state index contributed by atoms with van der Waals surface area (Å²) in [6, 6.07) is 26.2. The molecule has 1 heterocycles. The highest BCUT2D eigenvalue weighted by Crippen LogP contribution is 2.53. The summed E-state index contributed by atoms with van der Waals surface area (Å²) in [5.74, 6) is 0.208. The summed E-state index contributed by atoms with van der Waals surface area (Å²) in [6.07, 6.45) is 2.20. The van der Waals surface area contributed by atoms with E-state index in [-0.39, 0.29) is 23.8 Å². The lowest BCUT2D eigenvalue weighted by Crippen LogP contribution is -2.34. The quantitative estimate of drug-likeness (QED) is 0.247. The molecule has 2 aliphatic carbocycles. The van der Waals surface area contributed by atoms with E-state index >= 15 is 0 Å². The molecule has 0 radical (unpaired) electrons. The third-order valence-corrected chi connectivity index (χ3v) is 8.84. The molecule has 2 aliphatic rings. The molecule has 0 spiro atoms. The molecular weight excluding hydrogens is 500 g/mol. The number of benzene rings is 3. The molecular formula is C34H34N2O4. The monoisotopic (exact) mass is 534 g/mol. The zero-order valence-corrected chi connectivity index (χ0v) is 23.1. The number of hydrogen-bond acceptors (Lipinski definition) is 4. The van der Waals surface area contributed by atoms with Crippen molar-refractivity contribution >= 4 is 11.9 Å². The second-order valence-corrected chi connectivity index (χ2v) is 11.2. The molecule has 0 aliphatic heterocycles. The first-order valence-electron chi connectivity index (χ1n) is 14.1. The van der Waals surface area contributed by atoms with Gasteiger partial charge in [-0.2, -0.15) is 0 Å². The molecule has 6 rings (SSSR count). The molecule has 2 unspecified atom stereocenters. The van der Waals surface area contributed by atoms with Crippen molar-refractivity contribution < 1.29 is 19.2 Å². The standard InChI is InChI=1S/C34H34N2O4/c1-4-36(22(3)23-8-6-5-7-9-23)32(37)29-20-28(29)30-21(2)35-40-31(30)26-12-10-24(11-13-26)25-14-16-27(17-15-25)34(18-19-34)33(38)39/h5-17,22,28-29H,4,18-20H2,1-3H3,(H,38,39)/t22-,28?,29?/m1/s1. The number of rotatable bonds is 9. The Balaban J connectivity index is 1.19. The second kappa shape index (κ2) is 10.1. The van der Waals surface area contributed by atoms with Gasteiger partial charge in [-0.3, -0.25) is 9.59 Å². The Labute approximate surface area is 234 Å². The van der Waals surface area contributed by atoms with E-state index in [0.717, 1.165) is 51.3 Å². The van der Waals surface area contributed by atoms with Crippen molar-refractivity contribution in [3.8, 4) is 22.5 Å². The number of carboxylic acid groups (broad SMARTS) is 1. The van der Waals surface area contributed by atoms with Crippen LogP contribution in [-0.4, -0.2) is 33.6 Å². The third-order valence-electron chi connectivity index (χ3n) is 8.84. The number of carboxylic acids is 1. The van der Waals surface area contributed by atoms with Gasteiger partial charge in [0, 0.05) is 29.5 Å². The van der Waals surface area contributed by atoms with E-state index in [2.05, 4.69) is 24.2 Å². The van der Waals surface area contributed by atoms with Crippen molar-refractivity contribution in [3.05, 3.63) is 101 Å². The van der Waals surface area contributed by atoms with Crippen LogP contribution in [0.25, 0.3) is 22.5 Å². The molecule has 2 saturated carbocycles. The molecule has 3 aromatic carbocycles. The average Bonchev–Trinajstić information content (AvgIpc) is 3.91. The number of nitrogens with zero attached hydrogens (tertiary/aromatic N) is 2. The smallest absolute Gasteiger partial charge is 0.314 e. The SMILES string of the molecule is CCN(C(=O)C1CC1c1c(C)noc1-c1ccc(-c2ccc(C3(C(=O)O)CC3)cc2)cc1)[C@H](C)c1ccccc1. The fraction of sp³-hybridized carbons (Fsp3) is 0.324. The number of carbonyl (C=O) groups excluding carboxylic acids is 1. The molecule has 3 atom stereocenters. The van der Waals surface area contributed by atoms with Crippen molar-refractivity contribution in [1.29, 1.82) is 0 Å². The van der Waals surface area contributed by atoms with Gasteiger partial charge in [0.2, 0.25) is 5.91 Å². The van der Waals surface area contributed by atoms with Crippen LogP contribution in [-0.2, 0) is 15.0 Å². The molecule has 0 saturated heterocycles. The summed E-state index contributed by atoms with van der Waals surface area (Å²) in [6.45, 7) is 6.74. The van der Waals surface area contributed by atoms with Crippen LogP contribution in [0, 0.1) is 12.8 Å². The highest BCUT2D eigenvalue weighted by atomic mass is 16.5. The molecule has 204 valence electrons. The van der Waals surface area contributed by atoms with Crippen LogP contribution in [0.4, 0.5) is 0 Å². The van der Waals surface area contributed by atoms with Crippen LogP contribution >= 0.6 is 0 Å². The Morgan fingerprint density at radius 1 is 0.975 bits per heavy atom. The number of carbonyl (C=O) groups is 2. The molecule has 0 bridgehead atoms. The van der Waals surface area contributed by atoms with Gasteiger partial charge in [-0.15, -0.1) is 0 Å². The first kappa shape index (κ1) is 26.1. The first-order chi connectivity index (χ1) is 19.3. The molecule has 1 amide bonds. The minimum atomic E-state index is -0.740. The first-order valence-corrected chi connectivity index (χ1v) is 14.1. The summed E-state index contributed by atoms with van der Waals surface area (Å²) in [5.41, 5.74) is 6.19. The Morgan fingerprint density at radius 3 is 2.15 bits per heavy atom. The van der Waals surface area contributed by atoms with E-state index in [9.17, 15) is 14.7 Å². The summed E-state index contributed by atoms with van der Waals surface area (Å²) in [4.78, 5) is 27.2.